The molecule has 4 heterocycles. The first-order valence-electron chi connectivity index (χ1n) is 20.9. The van der Waals surface area contributed by atoms with Crippen molar-refractivity contribution in [2.75, 3.05) is 62.7 Å². The summed E-state index contributed by atoms with van der Waals surface area (Å²) in [7, 11) is 1.70. The van der Waals surface area contributed by atoms with Gasteiger partial charge in [0.2, 0.25) is 17.7 Å². The Kier molecular flexibility index (Phi) is 11.6. The van der Waals surface area contributed by atoms with Gasteiger partial charge in [-0.3, -0.25) is 24.6 Å². The minimum Gasteiger partial charge on any atom is -0.508 e. The maximum atomic E-state index is 12.3. The van der Waals surface area contributed by atoms with E-state index in [0.29, 0.717) is 37.2 Å². The molecule has 0 spiro atoms. The van der Waals surface area contributed by atoms with Crippen LogP contribution in [0.1, 0.15) is 83.5 Å². The average Bonchev–Trinajstić information content (AvgIpc) is 3.23. The van der Waals surface area contributed by atoms with Gasteiger partial charge in [-0.2, -0.15) is 0 Å². The van der Waals surface area contributed by atoms with Gasteiger partial charge in [0.25, 0.3) is 0 Å². The summed E-state index contributed by atoms with van der Waals surface area (Å²) >= 11 is 0. The Bertz CT molecular complexity index is 2120. The first kappa shape index (κ1) is 39.3. The number of benzene rings is 4. The van der Waals surface area contributed by atoms with Crippen molar-refractivity contribution in [3.05, 3.63) is 113 Å². The van der Waals surface area contributed by atoms with Gasteiger partial charge in [-0.1, -0.05) is 30.3 Å². The molecule has 0 aromatic heterocycles. The molecule has 4 aromatic rings. The van der Waals surface area contributed by atoms with E-state index in [2.05, 4.69) is 69.4 Å². The number of carbonyl (C=O) groups is 3. The number of nitrogens with two attached hydrogens (primary N) is 1. The van der Waals surface area contributed by atoms with Crippen LogP contribution >= 0.6 is 0 Å². The Balaban J connectivity index is 0.862. The highest BCUT2D eigenvalue weighted by atomic mass is 16.5. The SMILES string of the molecule is COc1cccc([C@@H]2[C@H](c3ccc(N4CCC(CN5CCN(c6ccc(C(N)=O)c(CC[C@H]7CCC(=O)NC7=O)c6)CC5)CC4)cc3)c3ccc(O)cc3O[C@@H]2C)c1. The lowest BCUT2D eigenvalue weighted by atomic mass is 9.73. The lowest BCUT2D eigenvalue weighted by Crippen LogP contribution is -2.49. The first-order valence-corrected chi connectivity index (χ1v) is 20.9. The quantitative estimate of drug-likeness (QED) is 0.152. The molecule has 8 rings (SSSR count). The van der Waals surface area contributed by atoms with Crippen LogP contribution in [0, 0.1) is 11.8 Å². The van der Waals surface area contributed by atoms with Gasteiger partial charge in [-0.05, 0) is 110 Å². The molecule has 0 radical (unpaired) electrons. The minimum absolute atomic E-state index is 0.0493. The monoisotopic (exact) mass is 785 g/mol. The van der Waals surface area contributed by atoms with Crippen molar-refractivity contribution < 1.29 is 29.0 Å². The number of rotatable bonds is 11. The van der Waals surface area contributed by atoms with Crippen molar-refractivity contribution in [1.29, 1.82) is 0 Å². The number of nitrogens with zero attached hydrogens (tertiary/aromatic N) is 3. The van der Waals surface area contributed by atoms with Gasteiger partial charge in [0.1, 0.15) is 23.4 Å². The third-order valence-corrected chi connectivity index (χ3v) is 12.9. The number of nitrogens with one attached hydrogen (secondary N) is 1. The number of primary amides is 1. The molecule has 11 heteroatoms. The van der Waals surface area contributed by atoms with Crippen LogP contribution in [0.5, 0.6) is 17.2 Å². The number of methoxy groups -OCH3 is 1. The Morgan fingerprint density at radius 1 is 0.862 bits per heavy atom. The van der Waals surface area contributed by atoms with Crippen LogP contribution in [-0.4, -0.2) is 86.8 Å². The van der Waals surface area contributed by atoms with Crippen LogP contribution in [0.4, 0.5) is 11.4 Å². The van der Waals surface area contributed by atoms with Crippen LogP contribution in [0.15, 0.2) is 84.9 Å². The smallest absolute Gasteiger partial charge is 0.248 e. The van der Waals surface area contributed by atoms with Crippen molar-refractivity contribution in [1.82, 2.24) is 10.2 Å². The summed E-state index contributed by atoms with van der Waals surface area (Å²) in [5.41, 5.74) is 12.9. The Morgan fingerprint density at radius 2 is 1.60 bits per heavy atom. The molecule has 3 amide bonds. The maximum absolute atomic E-state index is 12.3. The molecule has 3 fully saturated rings. The number of anilines is 2. The number of carbonyl (C=O) groups excluding carboxylic acids is 3. The van der Waals surface area contributed by atoms with Gasteiger partial charge in [-0.25, -0.2) is 0 Å². The zero-order chi connectivity index (χ0) is 40.3. The summed E-state index contributed by atoms with van der Waals surface area (Å²) in [6, 6.07) is 28.7. The summed E-state index contributed by atoms with van der Waals surface area (Å²) in [5, 5.41) is 12.7. The second kappa shape index (κ2) is 17.1. The Hall–Kier alpha value is -5.55. The van der Waals surface area contributed by atoms with Crippen LogP contribution in [-0.2, 0) is 16.0 Å². The number of aromatic hydroxyl groups is 1. The van der Waals surface area contributed by atoms with Crippen molar-refractivity contribution in [2.24, 2.45) is 17.6 Å². The van der Waals surface area contributed by atoms with Crippen molar-refractivity contribution >= 4 is 29.1 Å². The normalized spacial score (nSPS) is 22.9. The number of phenolic OH excluding ortho intramolecular Hbond substituents is 1. The number of piperidine rings is 2. The van der Waals surface area contributed by atoms with E-state index < -0.39 is 5.91 Å². The molecule has 0 aliphatic carbocycles. The molecule has 11 nitrogen and oxygen atoms in total. The molecule has 4 atom stereocenters. The molecule has 0 unspecified atom stereocenters. The Labute approximate surface area is 341 Å². The molecule has 304 valence electrons. The van der Waals surface area contributed by atoms with Crippen LogP contribution in [0.2, 0.25) is 0 Å². The van der Waals surface area contributed by atoms with Gasteiger partial charge in [0.15, 0.2) is 0 Å². The highest BCUT2D eigenvalue weighted by Crippen LogP contribution is 2.50. The number of fused-ring (bicyclic) bond motifs is 1. The number of aryl methyl sites for hydroxylation is 1. The van der Waals surface area contributed by atoms with E-state index in [9.17, 15) is 19.5 Å². The number of piperazine rings is 1. The fraction of sp³-hybridized carbons (Fsp3) is 0.426. The number of ether oxygens (including phenoxy) is 2. The van der Waals surface area contributed by atoms with E-state index in [1.54, 1.807) is 19.2 Å². The number of imide groups is 1. The lowest BCUT2D eigenvalue weighted by Gasteiger charge is -2.40. The highest BCUT2D eigenvalue weighted by Gasteiger charge is 2.39. The third-order valence-electron chi connectivity index (χ3n) is 12.9. The van der Waals surface area contributed by atoms with Gasteiger partial charge in [0, 0.05) is 98.6 Å². The van der Waals surface area contributed by atoms with E-state index in [-0.39, 0.29) is 41.4 Å². The maximum Gasteiger partial charge on any atom is 0.248 e. The molecule has 0 bridgehead atoms. The predicted molar refractivity (Wildman–Crippen MR) is 225 cm³/mol. The summed E-state index contributed by atoms with van der Waals surface area (Å²) < 4.78 is 12.0. The largest absolute Gasteiger partial charge is 0.508 e. The molecule has 58 heavy (non-hydrogen) atoms. The zero-order valence-corrected chi connectivity index (χ0v) is 33.6. The second-order valence-electron chi connectivity index (χ2n) is 16.5. The molecule has 4 aliphatic heterocycles. The predicted octanol–water partition coefficient (Wildman–Crippen LogP) is 6.22. The van der Waals surface area contributed by atoms with E-state index >= 15 is 0 Å². The molecule has 3 saturated heterocycles. The van der Waals surface area contributed by atoms with Gasteiger partial charge in [-0.15, -0.1) is 0 Å². The van der Waals surface area contributed by atoms with Crippen molar-refractivity contribution in [3.63, 3.8) is 0 Å². The zero-order valence-electron chi connectivity index (χ0n) is 33.6. The lowest BCUT2D eigenvalue weighted by molar-refractivity contribution is -0.136. The number of hydrogen-bond acceptors (Lipinski definition) is 9. The van der Waals surface area contributed by atoms with Gasteiger partial charge in [0.05, 0.1) is 7.11 Å². The molecular weight excluding hydrogens is 731 g/mol. The molecule has 4 aliphatic rings. The fourth-order valence-corrected chi connectivity index (χ4v) is 9.71. The van der Waals surface area contributed by atoms with E-state index in [0.717, 1.165) is 92.5 Å². The average molecular weight is 786 g/mol. The standard InChI is InChI=1S/C47H55N5O6/c1-30-44(35-4-3-5-39(27-35)57-2)45(41-16-14-38(53)28-42(41)58-30)32-8-11-36(12-9-32)51-20-18-31(19-21-51)29-50-22-24-52(25-23-50)37-13-15-40(46(48)55)34(26-37)7-6-33-10-17-43(54)49-47(33)56/h3-5,8-9,11-16,26-28,30-31,33,44-45,53H,6-7,10,17-25,29H2,1-2H3,(H2,48,55)(H,49,54,56)/t30-,33+,44-,45-/m1/s1. The number of amides is 3. The summed E-state index contributed by atoms with van der Waals surface area (Å²) in [6.07, 6.45) is 4.21. The summed E-state index contributed by atoms with van der Waals surface area (Å²) in [6.45, 7) is 9.04. The summed E-state index contributed by atoms with van der Waals surface area (Å²) in [4.78, 5) is 43.7. The minimum atomic E-state index is -0.463. The number of phenols is 1. The van der Waals surface area contributed by atoms with E-state index in [1.807, 2.05) is 30.3 Å². The Morgan fingerprint density at radius 3 is 2.33 bits per heavy atom. The molecule has 0 saturated carbocycles. The summed E-state index contributed by atoms with van der Waals surface area (Å²) in [5.74, 6) is 1.38. The number of hydrogen-bond donors (Lipinski definition) is 3. The van der Waals surface area contributed by atoms with E-state index in [1.165, 1.54) is 11.3 Å². The second-order valence-corrected chi connectivity index (χ2v) is 16.5. The third kappa shape index (κ3) is 8.50. The van der Waals surface area contributed by atoms with Gasteiger partial charge >= 0.3 is 0 Å². The van der Waals surface area contributed by atoms with E-state index in [4.69, 9.17) is 15.2 Å². The van der Waals surface area contributed by atoms with Crippen molar-refractivity contribution in [2.45, 2.75) is 63.4 Å². The topological polar surface area (TPSA) is 138 Å². The molecule has 4 N–H and O–H groups in total. The molecule has 4 aromatic carbocycles. The fourth-order valence-electron chi connectivity index (χ4n) is 9.71. The highest BCUT2D eigenvalue weighted by molar-refractivity contribution is 5.98. The molecular formula is C47H55N5O6. The van der Waals surface area contributed by atoms with Crippen LogP contribution in [0.3, 0.4) is 0 Å². The first-order chi connectivity index (χ1) is 28.1. The van der Waals surface area contributed by atoms with Crippen LogP contribution < -0.4 is 30.3 Å². The van der Waals surface area contributed by atoms with Gasteiger partial charge < -0.3 is 30.1 Å². The van der Waals surface area contributed by atoms with Crippen LogP contribution in [0.25, 0.3) is 0 Å². The van der Waals surface area contributed by atoms with Crippen molar-refractivity contribution in [3.8, 4) is 17.2 Å².